The van der Waals surface area contributed by atoms with Gasteiger partial charge >= 0.3 is 0 Å². The van der Waals surface area contributed by atoms with Crippen LogP contribution >= 0.6 is 23.2 Å². The van der Waals surface area contributed by atoms with Crippen molar-refractivity contribution in [3.63, 3.8) is 0 Å². The number of imidazole rings is 1. The number of benzene rings is 2. The summed E-state index contributed by atoms with van der Waals surface area (Å²) in [5.74, 6) is 0.488. The Morgan fingerprint density at radius 3 is 2.55 bits per heavy atom. The van der Waals surface area contributed by atoms with Crippen LogP contribution in [0, 0.1) is 0 Å². The van der Waals surface area contributed by atoms with Crippen molar-refractivity contribution in [2.24, 2.45) is 7.05 Å². The molecule has 0 radical (unpaired) electrons. The molecule has 4 heterocycles. The second kappa shape index (κ2) is 16.4. The largest absolute Gasteiger partial charge is 0.496 e. The first-order chi connectivity index (χ1) is 26.1. The average molecular weight is 807 g/mol. The zero-order chi connectivity index (χ0) is 39.7. The Morgan fingerprint density at radius 2 is 1.84 bits per heavy atom. The Kier molecular flexibility index (Phi) is 12.1. The number of fused-ring (bicyclic) bond motifs is 1. The third-order valence-corrected chi connectivity index (χ3v) is 16.2. The van der Waals surface area contributed by atoms with Crippen molar-refractivity contribution in [2.75, 3.05) is 32.1 Å². The molecule has 1 atom stereocenters. The highest BCUT2D eigenvalue weighted by molar-refractivity contribution is 6.74. The van der Waals surface area contributed by atoms with E-state index in [1.807, 2.05) is 31.3 Å². The first-order valence-corrected chi connectivity index (χ1v) is 22.1. The van der Waals surface area contributed by atoms with Gasteiger partial charge in [0.25, 0.3) is 5.91 Å². The lowest BCUT2D eigenvalue weighted by Gasteiger charge is -2.36. The van der Waals surface area contributed by atoms with Gasteiger partial charge in [0.05, 0.1) is 40.8 Å². The number of anilines is 1. The molecule has 2 aliphatic heterocycles. The molecule has 12 nitrogen and oxygen atoms in total. The fraction of sp³-hybridized carbons (Fsp3) is 0.425. The van der Waals surface area contributed by atoms with Gasteiger partial charge in [-0.25, -0.2) is 4.98 Å². The molecule has 1 saturated heterocycles. The molecule has 2 aromatic heterocycles. The number of pyridine rings is 1. The van der Waals surface area contributed by atoms with Crippen LogP contribution in [0.2, 0.25) is 28.2 Å². The van der Waals surface area contributed by atoms with Gasteiger partial charge in [0, 0.05) is 79.7 Å². The molecule has 0 saturated carbocycles. The number of methoxy groups -OCH3 is 1. The van der Waals surface area contributed by atoms with Crippen LogP contribution in [0.15, 0.2) is 48.7 Å². The normalized spacial score (nSPS) is 15.8. The van der Waals surface area contributed by atoms with Gasteiger partial charge in [0.1, 0.15) is 12.4 Å². The topological polar surface area (TPSA) is 140 Å². The Bertz CT molecular complexity index is 2120. The maximum absolute atomic E-state index is 13.7. The third kappa shape index (κ3) is 8.76. The molecule has 3 amide bonds. The van der Waals surface area contributed by atoms with E-state index >= 15 is 0 Å². The smallest absolute Gasteiger partial charge is 0.291 e. The summed E-state index contributed by atoms with van der Waals surface area (Å²) in [6.07, 6.45) is 3.63. The SMILES string of the molecule is COc1cc(-c2nccc(-c3cccc(NC(=O)c4nc5c(n4C)CCN(C(=O)CO[Si](C)(C)C(C)(C)C)C5)c3Cl)c2Cl)ccc1CNCC1CCC(=O)N1. The Balaban J connectivity index is 1.15. The van der Waals surface area contributed by atoms with Crippen LogP contribution in [0.5, 0.6) is 5.75 Å². The fourth-order valence-corrected chi connectivity index (χ4v) is 8.13. The van der Waals surface area contributed by atoms with E-state index < -0.39 is 14.2 Å². The molecule has 4 aromatic rings. The van der Waals surface area contributed by atoms with Gasteiger partial charge in [-0.1, -0.05) is 68.2 Å². The molecule has 0 spiro atoms. The Hall–Kier alpha value is -4.27. The van der Waals surface area contributed by atoms with Crippen LogP contribution in [0.25, 0.3) is 22.4 Å². The molecular weight excluding hydrogens is 757 g/mol. The first kappa shape index (κ1) is 40.4. The lowest BCUT2D eigenvalue weighted by Crippen LogP contribution is -2.45. The molecule has 2 aromatic carbocycles. The van der Waals surface area contributed by atoms with Crippen molar-refractivity contribution >= 4 is 54.9 Å². The van der Waals surface area contributed by atoms with Gasteiger partial charge in [-0.05, 0) is 42.8 Å². The van der Waals surface area contributed by atoms with Crippen LogP contribution in [-0.2, 0) is 40.6 Å². The summed E-state index contributed by atoms with van der Waals surface area (Å²) < 4.78 is 13.7. The molecule has 6 rings (SSSR count). The number of nitrogens with one attached hydrogen (secondary N) is 3. The van der Waals surface area contributed by atoms with Crippen LogP contribution in [0.1, 0.15) is 61.2 Å². The highest BCUT2D eigenvalue weighted by atomic mass is 35.5. The number of nitrogens with zero attached hydrogens (tertiary/aromatic N) is 4. The van der Waals surface area contributed by atoms with Gasteiger partial charge in [0.15, 0.2) is 14.1 Å². The number of halogens is 2. The maximum atomic E-state index is 13.7. The molecule has 0 aliphatic carbocycles. The maximum Gasteiger partial charge on any atom is 0.291 e. The lowest BCUT2D eigenvalue weighted by molar-refractivity contribution is -0.134. The molecule has 1 unspecified atom stereocenters. The zero-order valence-corrected chi connectivity index (χ0v) is 35.0. The second-order valence-corrected chi connectivity index (χ2v) is 21.2. The predicted octanol–water partition coefficient (Wildman–Crippen LogP) is 6.99. The molecule has 55 heavy (non-hydrogen) atoms. The number of carbonyl (C=O) groups excluding carboxylic acids is 3. The van der Waals surface area contributed by atoms with E-state index in [0.717, 1.165) is 23.2 Å². The number of rotatable bonds is 12. The van der Waals surface area contributed by atoms with E-state index in [4.69, 9.17) is 32.4 Å². The monoisotopic (exact) mass is 805 g/mol. The fourth-order valence-electron chi connectivity index (χ4n) is 6.61. The Labute approximate surface area is 333 Å². The zero-order valence-electron chi connectivity index (χ0n) is 32.4. The molecule has 0 bridgehead atoms. The quantitative estimate of drug-likeness (QED) is 0.130. The minimum atomic E-state index is -2.08. The van der Waals surface area contributed by atoms with E-state index in [-0.39, 0.29) is 35.3 Å². The molecule has 2 aliphatic rings. The van der Waals surface area contributed by atoms with E-state index in [1.165, 1.54) is 0 Å². The van der Waals surface area contributed by atoms with Gasteiger partial charge < -0.3 is 34.6 Å². The summed E-state index contributed by atoms with van der Waals surface area (Å²) >= 11 is 14.0. The van der Waals surface area contributed by atoms with E-state index in [9.17, 15) is 14.4 Å². The molecule has 3 N–H and O–H groups in total. The lowest BCUT2D eigenvalue weighted by atomic mass is 10.0. The number of hydrogen-bond acceptors (Lipinski definition) is 8. The van der Waals surface area contributed by atoms with Gasteiger partial charge in [-0.3, -0.25) is 19.4 Å². The van der Waals surface area contributed by atoms with Crippen molar-refractivity contribution < 1.29 is 23.5 Å². The molecule has 15 heteroatoms. The van der Waals surface area contributed by atoms with Crippen molar-refractivity contribution in [2.45, 2.75) is 77.3 Å². The van der Waals surface area contributed by atoms with Crippen LogP contribution in [0.3, 0.4) is 0 Å². The molecule has 1 fully saturated rings. The standard InChI is InChI=1S/C40H49Cl2N7O5Si/c1-40(2,3)55(6,7)54-23-34(51)49-18-16-31-30(22-49)46-38(48(31)4)39(52)47-29-10-8-9-27(35(29)41)28-15-17-44-37(36(28)42)24-11-12-25(32(19-24)53-5)20-43-21-26-13-14-33(50)45-26/h8-12,15,17,19,26,43H,13-14,16,18,20-23H2,1-7H3,(H,45,50)(H,47,52). The van der Waals surface area contributed by atoms with Crippen molar-refractivity contribution in [1.29, 1.82) is 0 Å². The summed E-state index contributed by atoms with van der Waals surface area (Å²) in [4.78, 5) is 49.4. The number of hydrogen-bond donors (Lipinski definition) is 3. The number of ether oxygens (including phenoxy) is 1. The van der Waals surface area contributed by atoms with Gasteiger partial charge in [-0.15, -0.1) is 0 Å². The van der Waals surface area contributed by atoms with Gasteiger partial charge in [0.2, 0.25) is 11.8 Å². The van der Waals surface area contributed by atoms with E-state index in [1.54, 1.807) is 41.0 Å². The van der Waals surface area contributed by atoms with Crippen molar-refractivity contribution in [3.05, 3.63) is 81.5 Å². The highest BCUT2D eigenvalue weighted by Crippen LogP contribution is 2.41. The van der Waals surface area contributed by atoms with Crippen LogP contribution in [-0.4, -0.2) is 78.3 Å². The van der Waals surface area contributed by atoms with Crippen molar-refractivity contribution in [1.82, 2.24) is 30.1 Å². The average Bonchev–Trinajstić information content (AvgIpc) is 3.72. The van der Waals surface area contributed by atoms with Crippen molar-refractivity contribution in [3.8, 4) is 28.1 Å². The Morgan fingerprint density at radius 1 is 1.07 bits per heavy atom. The second-order valence-electron chi connectivity index (χ2n) is 15.6. The minimum absolute atomic E-state index is 0.00000510. The summed E-state index contributed by atoms with van der Waals surface area (Å²) in [5, 5.41) is 10.0. The number of amides is 3. The summed E-state index contributed by atoms with van der Waals surface area (Å²) in [7, 11) is 1.35. The third-order valence-electron chi connectivity index (χ3n) is 11.0. The predicted molar refractivity (Wildman–Crippen MR) is 218 cm³/mol. The molecular formula is C40H49Cl2N7O5Si. The molecule has 292 valence electrons. The van der Waals surface area contributed by atoms with Crippen LogP contribution in [0.4, 0.5) is 5.69 Å². The summed E-state index contributed by atoms with van der Waals surface area (Å²) in [6, 6.07) is 13.1. The highest BCUT2D eigenvalue weighted by Gasteiger charge is 2.38. The van der Waals surface area contributed by atoms with E-state index in [2.05, 4.69) is 59.8 Å². The van der Waals surface area contributed by atoms with Crippen LogP contribution < -0.4 is 20.7 Å². The summed E-state index contributed by atoms with van der Waals surface area (Å²) in [5.41, 5.74) is 5.53. The minimum Gasteiger partial charge on any atom is -0.496 e. The number of carbonyl (C=O) groups is 3. The van der Waals surface area contributed by atoms with Gasteiger partial charge in [-0.2, -0.15) is 0 Å². The summed E-state index contributed by atoms with van der Waals surface area (Å²) in [6.45, 7) is 12.8. The number of aromatic nitrogens is 3. The van der Waals surface area contributed by atoms with E-state index in [0.29, 0.717) is 83.0 Å². The first-order valence-electron chi connectivity index (χ1n) is 18.5.